The van der Waals surface area contributed by atoms with E-state index in [-0.39, 0.29) is 11.2 Å². The Hall–Kier alpha value is -0.330. The lowest BCUT2D eigenvalue weighted by Gasteiger charge is -2.11. The number of carbonyl (C=O) groups is 1. The summed E-state index contributed by atoms with van der Waals surface area (Å²) in [5, 5.41) is 0. The van der Waals surface area contributed by atoms with E-state index in [4.69, 9.17) is 0 Å². The Morgan fingerprint density at radius 3 is 1.43 bits per heavy atom. The summed E-state index contributed by atoms with van der Waals surface area (Å²) in [5.41, 5.74) is -0.139. The first kappa shape index (κ1) is 6.67. The average molecular weight is 101 g/mol. The molecule has 0 rings (SSSR count). The van der Waals surface area contributed by atoms with E-state index in [0.717, 1.165) is 0 Å². The molecule has 0 aromatic carbocycles. The van der Waals surface area contributed by atoms with Crippen LogP contribution in [0, 0.1) is 5.41 Å². The molecular formula is C6H12O. The van der Waals surface area contributed by atoms with Gasteiger partial charge in [0.15, 0.2) is 0 Å². The number of hydrogen-bond donors (Lipinski definition) is 0. The summed E-state index contributed by atoms with van der Waals surface area (Å²) in [6.45, 7) is 7.35. The molecule has 0 aliphatic rings. The van der Waals surface area contributed by atoms with Crippen LogP contribution < -0.4 is 0 Å². The van der Waals surface area contributed by atoms with Gasteiger partial charge in [-0.3, -0.25) is 4.79 Å². The van der Waals surface area contributed by atoms with Gasteiger partial charge in [0, 0.05) is 5.41 Å². The highest BCUT2D eigenvalue weighted by molar-refractivity contribution is 5.80. The average Bonchev–Trinajstić information content (AvgIpc) is 1.31. The maximum absolute atomic E-state index is 10.5. The standard InChI is InChI=1S/C6H12O/c1-5(7)6(2,3)4/h1-4H3/i1+1. The van der Waals surface area contributed by atoms with Gasteiger partial charge >= 0.3 is 0 Å². The molecule has 1 heteroatoms. The lowest BCUT2D eigenvalue weighted by Crippen LogP contribution is -2.15. The van der Waals surface area contributed by atoms with Crippen LogP contribution in [-0.4, -0.2) is 5.78 Å². The van der Waals surface area contributed by atoms with Crippen molar-refractivity contribution in [3.63, 3.8) is 0 Å². The smallest absolute Gasteiger partial charge is 0.135 e. The number of ketones is 1. The number of rotatable bonds is 0. The van der Waals surface area contributed by atoms with E-state index in [1.807, 2.05) is 20.8 Å². The number of Topliss-reactive ketones (excluding diaryl/α,β-unsaturated/α-hetero) is 1. The maximum Gasteiger partial charge on any atom is 0.135 e. The minimum atomic E-state index is -0.139. The number of hydrogen-bond acceptors (Lipinski definition) is 1. The first-order valence-electron chi connectivity index (χ1n) is 2.45. The molecule has 0 atom stereocenters. The first-order valence-corrected chi connectivity index (χ1v) is 2.45. The Bertz CT molecular complexity index is 76.7. The SMILES string of the molecule is CC(C)(C)C([13CH3])=O. The Morgan fingerprint density at radius 2 is 1.43 bits per heavy atom. The van der Waals surface area contributed by atoms with Gasteiger partial charge in [-0.25, -0.2) is 0 Å². The lowest BCUT2D eigenvalue weighted by molar-refractivity contribution is -0.124. The van der Waals surface area contributed by atoms with Crippen LogP contribution in [0.2, 0.25) is 0 Å². The Morgan fingerprint density at radius 1 is 1.29 bits per heavy atom. The van der Waals surface area contributed by atoms with Crippen molar-refractivity contribution in [3.05, 3.63) is 0 Å². The zero-order valence-corrected chi connectivity index (χ0v) is 5.41. The van der Waals surface area contributed by atoms with E-state index in [9.17, 15) is 4.79 Å². The van der Waals surface area contributed by atoms with Gasteiger partial charge in [0.25, 0.3) is 0 Å². The largest absolute Gasteiger partial charge is 0.299 e. The Labute approximate surface area is 44.7 Å². The molecule has 0 aromatic rings. The third-order valence-electron chi connectivity index (χ3n) is 1.06. The van der Waals surface area contributed by atoms with Crippen LogP contribution in [0.25, 0.3) is 0 Å². The fourth-order valence-electron chi connectivity index (χ4n) is 0. The second kappa shape index (κ2) is 1.65. The van der Waals surface area contributed by atoms with Crippen LogP contribution in [0.1, 0.15) is 27.7 Å². The first-order chi connectivity index (χ1) is 2.94. The van der Waals surface area contributed by atoms with Gasteiger partial charge in [-0.15, -0.1) is 0 Å². The van der Waals surface area contributed by atoms with Gasteiger partial charge in [-0.05, 0) is 6.92 Å². The predicted octanol–water partition coefficient (Wildman–Crippen LogP) is 1.62. The minimum Gasteiger partial charge on any atom is -0.299 e. The highest BCUT2D eigenvalue weighted by Gasteiger charge is 2.14. The van der Waals surface area contributed by atoms with Gasteiger partial charge in [-0.2, -0.15) is 0 Å². The summed E-state index contributed by atoms with van der Waals surface area (Å²) in [6.07, 6.45) is 0. The fourth-order valence-corrected chi connectivity index (χ4v) is 0. The minimum absolute atomic E-state index is 0.139. The maximum atomic E-state index is 10.5. The zero-order valence-electron chi connectivity index (χ0n) is 5.41. The van der Waals surface area contributed by atoms with Crippen molar-refractivity contribution in [1.82, 2.24) is 0 Å². The summed E-state index contributed by atoms with van der Waals surface area (Å²) >= 11 is 0. The molecule has 1 nitrogen and oxygen atoms in total. The van der Waals surface area contributed by atoms with Crippen molar-refractivity contribution in [2.45, 2.75) is 27.7 Å². The molecule has 0 N–H and O–H groups in total. The van der Waals surface area contributed by atoms with Crippen LogP contribution in [0.4, 0.5) is 0 Å². The second-order valence-electron chi connectivity index (χ2n) is 2.81. The fraction of sp³-hybridized carbons (Fsp3) is 0.833. The molecule has 0 aromatic heterocycles. The van der Waals surface area contributed by atoms with Crippen LogP contribution in [0.3, 0.4) is 0 Å². The quantitative estimate of drug-likeness (QED) is 0.424. The van der Waals surface area contributed by atoms with Crippen molar-refractivity contribution in [3.8, 4) is 0 Å². The van der Waals surface area contributed by atoms with Crippen molar-refractivity contribution < 1.29 is 4.79 Å². The molecule has 0 saturated heterocycles. The van der Waals surface area contributed by atoms with Crippen molar-refractivity contribution >= 4 is 5.78 Å². The molecule has 0 aliphatic carbocycles. The summed E-state index contributed by atoms with van der Waals surface area (Å²) in [4.78, 5) is 10.5. The Balaban J connectivity index is 3.79. The van der Waals surface area contributed by atoms with Crippen molar-refractivity contribution in [1.29, 1.82) is 0 Å². The molecule has 42 valence electrons. The third kappa shape index (κ3) is 2.38. The van der Waals surface area contributed by atoms with E-state index < -0.39 is 0 Å². The molecule has 0 bridgehead atoms. The van der Waals surface area contributed by atoms with E-state index in [1.54, 1.807) is 6.92 Å². The van der Waals surface area contributed by atoms with E-state index in [1.165, 1.54) is 0 Å². The molecule has 0 amide bonds. The van der Waals surface area contributed by atoms with Gasteiger partial charge in [0.2, 0.25) is 0 Å². The summed E-state index contributed by atoms with van der Waals surface area (Å²) in [5.74, 6) is 0.243. The highest BCUT2D eigenvalue weighted by Crippen LogP contribution is 2.12. The van der Waals surface area contributed by atoms with E-state index in [0.29, 0.717) is 0 Å². The highest BCUT2D eigenvalue weighted by atomic mass is 16.1. The van der Waals surface area contributed by atoms with Gasteiger partial charge < -0.3 is 0 Å². The topological polar surface area (TPSA) is 17.1 Å². The monoisotopic (exact) mass is 101 g/mol. The molecule has 0 fully saturated rings. The lowest BCUT2D eigenvalue weighted by atomic mass is 9.95. The molecule has 0 aliphatic heterocycles. The third-order valence-corrected chi connectivity index (χ3v) is 1.06. The second-order valence-corrected chi connectivity index (χ2v) is 2.81. The van der Waals surface area contributed by atoms with E-state index in [2.05, 4.69) is 0 Å². The van der Waals surface area contributed by atoms with Crippen LogP contribution in [0.5, 0.6) is 0 Å². The van der Waals surface area contributed by atoms with Crippen LogP contribution in [0.15, 0.2) is 0 Å². The normalized spacial score (nSPS) is 11.4. The molecule has 7 heavy (non-hydrogen) atoms. The van der Waals surface area contributed by atoms with Gasteiger partial charge in [-0.1, -0.05) is 20.8 Å². The van der Waals surface area contributed by atoms with E-state index >= 15 is 0 Å². The van der Waals surface area contributed by atoms with Gasteiger partial charge in [0.05, 0.1) is 0 Å². The van der Waals surface area contributed by atoms with Gasteiger partial charge in [0.1, 0.15) is 5.78 Å². The Kier molecular flexibility index (Phi) is 1.57. The molecule has 0 heterocycles. The molecule has 0 radical (unpaired) electrons. The summed E-state index contributed by atoms with van der Waals surface area (Å²) in [6, 6.07) is 0. The number of carbonyl (C=O) groups excluding carboxylic acids is 1. The molecule has 0 unspecified atom stereocenters. The molecular weight excluding hydrogens is 89.1 g/mol. The molecule has 0 saturated carbocycles. The summed E-state index contributed by atoms with van der Waals surface area (Å²) < 4.78 is 0. The zero-order chi connectivity index (χ0) is 6.08. The van der Waals surface area contributed by atoms with Crippen LogP contribution >= 0.6 is 0 Å². The molecule has 0 spiro atoms. The predicted molar refractivity (Wildman–Crippen MR) is 30.1 cm³/mol. The summed E-state index contributed by atoms with van der Waals surface area (Å²) in [7, 11) is 0. The van der Waals surface area contributed by atoms with Crippen LogP contribution in [-0.2, 0) is 4.79 Å². The van der Waals surface area contributed by atoms with Crippen molar-refractivity contribution in [2.75, 3.05) is 0 Å². The van der Waals surface area contributed by atoms with Crippen molar-refractivity contribution in [2.24, 2.45) is 5.41 Å².